The number of benzene rings is 1. The summed E-state index contributed by atoms with van der Waals surface area (Å²) in [6.07, 6.45) is 3.86. The SMILES string of the molecule is Cc1ccc(S(=O)(=O)c2ncccc2CNC2CC2)cc1.Cl. The number of aryl methyl sites for hydroxylation is 1. The Labute approximate surface area is 137 Å². The molecule has 2 aromatic rings. The summed E-state index contributed by atoms with van der Waals surface area (Å²) in [4.78, 5) is 4.41. The van der Waals surface area contributed by atoms with Gasteiger partial charge in [0.25, 0.3) is 0 Å². The minimum Gasteiger partial charge on any atom is -0.310 e. The monoisotopic (exact) mass is 338 g/mol. The molecule has 0 bridgehead atoms. The number of hydrogen-bond acceptors (Lipinski definition) is 4. The van der Waals surface area contributed by atoms with Crippen molar-refractivity contribution in [3.63, 3.8) is 0 Å². The molecule has 1 aromatic carbocycles. The lowest BCUT2D eigenvalue weighted by Gasteiger charge is -2.10. The molecule has 1 aliphatic rings. The largest absolute Gasteiger partial charge is 0.310 e. The summed E-state index contributed by atoms with van der Waals surface area (Å²) in [5, 5.41) is 3.50. The number of nitrogens with zero attached hydrogens (tertiary/aromatic N) is 1. The smallest absolute Gasteiger partial charge is 0.224 e. The van der Waals surface area contributed by atoms with Crippen molar-refractivity contribution in [1.29, 1.82) is 0 Å². The lowest BCUT2D eigenvalue weighted by atomic mass is 10.2. The van der Waals surface area contributed by atoms with Crippen LogP contribution in [0.25, 0.3) is 0 Å². The van der Waals surface area contributed by atoms with Gasteiger partial charge in [-0.1, -0.05) is 23.8 Å². The van der Waals surface area contributed by atoms with E-state index in [2.05, 4.69) is 10.3 Å². The normalized spacial score (nSPS) is 14.4. The molecule has 0 atom stereocenters. The highest BCUT2D eigenvalue weighted by molar-refractivity contribution is 7.91. The third-order valence-corrected chi connectivity index (χ3v) is 5.36. The molecule has 1 aromatic heterocycles. The number of sulfone groups is 1. The van der Waals surface area contributed by atoms with Gasteiger partial charge in [-0.2, -0.15) is 0 Å². The standard InChI is InChI=1S/C16H18N2O2S.ClH/c1-12-4-8-15(9-5-12)21(19,20)16-13(3-2-10-17-16)11-18-14-6-7-14;/h2-5,8-10,14,18H,6-7,11H2,1H3;1H. The van der Waals surface area contributed by atoms with Crippen molar-refractivity contribution in [3.05, 3.63) is 53.7 Å². The van der Waals surface area contributed by atoms with Crippen molar-refractivity contribution in [2.75, 3.05) is 0 Å². The Morgan fingerprint density at radius 1 is 1.18 bits per heavy atom. The van der Waals surface area contributed by atoms with Crippen LogP contribution in [0.3, 0.4) is 0 Å². The first kappa shape index (κ1) is 16.9. The van der Waals surface area contributed by atoms with E-state index in [0.717, 1.165) is 11.1 Å². The van der Waals surface area contributed by atoms with Gasteiger partial charge >= 0.3 is 0 Å². The second-order valence-corrected chi connectivity index (χ2v) is 7.30. The van der Waals surface area contributed by atoms with E-state index < -0.39 is 9.84 Å². The molecule has 1 N–H and O–H groups in total. The summed E-state index contributed by atoms with van der Waals surface area (Å²) in [5.41, 5.74) is 1.76. The quantitative estimate of drug-likeness (QED) is 0.910. The third kappa shape index (κ3) is 3.66. The fourth-order valence-corrected chi connectivity index (χ4v) is 3.57. The zero-order chi connectivity index (χ0) is 14.9. The van der Waals surface area contributed by atoms with Gasteiger partial charge in [0.2, 0.25) is 9.84 Å². The predicted octanol–water partition coefficient (Wildman–Crippen LogP) is 2.90. The van der Waals surface area contributed by atoms with E-state index in [0.29, 0.717) is 17.5 Å². The molecule has 0 radical (unpaired) electrons. The van der Waals surface area contributed by atoms with Crippen molar-refractivity contribution in [2.24, 2.45) is 0 Å². The highest BCUT2D eigenvalue weighted by Gasteiger charge is 2.25. The van der Waals surface area contributed by atoms with E-state index >= 15 is 0 Å². The Bertz CT molecular complexity index is 741. The van der Waals surface area contributed by atoms with E-state index in [1.54, 1.807) is 30.3 Å². The van der Waals surface area contributed by atoms with Crippen LogP contribution in [0, 0.1) is 6.92 Å². The zero-order valence-electron chi connectivity index (χ0n) is 12.3. The van der Waals surface area contributed by atoms with Crippen LogP contribution in [-0.4, -0.2) is 19.4 Å². The summed E-state index contributed by atoms with van der Waals surface area (Å²) >= 11 is 0. The van der Waals surface area contributed by atoms with Gasteiger partial charge in [-0.25, -0.2) is 13.4 Å². The van der Waals surface area contributed by atoms with Gasteiger partial charge < -0.3 is 5.32 Å². The van der Waals surface area contributed by atoms with E-state index in [1.807, 2.05) is 13.0 Å². The molecule has 1 heterocycles. The number of hydrogen-bond donors (Lipinski definition) is 1. The maximum Gasteiger partial charge on any atom is 0.224 e. The number of nitrogens with one attached hydrogen (secondary N) is 1. The Morgan fingerprint density at radius 2 is 1.86 bits per heavy atom. The Kier molecular flexibility index (Phi) is 5.21. The predicted molar refractivity (Wildman–Crippen MR) is 88.0 cm³/mol. The molecule has 4 nitrogen and oxygen atoms in total. The van der Waals surface area contributed by atoms with Crippen molar-refractivity contribution in [3.8, 4) is 0 Å². The van der Waals surface area contributed by atoms with Crippen LogP contribution in [-0.2, 0) is 16.4 Å². The van der Waals surface area contributed by atoms with Crippen LogP contribution in [0.15, 0.2) is 52.5 Å². The Balaban J connectivity index is 0.00000176. The number of aromatic nitrogens is 1. The fourth-order valence-electron chi connectivity index (χ4n) is 2.17. The molecule has 0 aliphatic heterocycles. The average Bonchev–Trinajstić information content (AvgIpc) is 3.30. The summed E-state index contributed by atoms with van der Waals surface area (Å²) in [6.45, 7) is 2.47. The highest BCUT2D eigenvalue weighted by Crippen LogP contribution is 2.24. The van der Waals surface area contributed by atoms with Crippen LogP contribution in [0.1, 0.15) is 24.0 Å². The summed E-state index contributed by atoms with van der Waals surface area (Å²) in [7, 11) is -3.56. The second kappa shape index (κ2) is 6.77. The average molecular weight is 339 g/mol. The minimum atomic E-state index is -3.56. The maximum atomic E-state index is 12.7. The van der Waals surface area contributed by atoms with Crippen LogP contribution >= 0.6 is 12.4 Å². The first-order valence-corrected chi connectivity index (χ1v) is 8.55. The lowest BCUT2D eigenvalue weighted by Crippen LogP contribution is -2.18. The molecule has 0 unspecified atom stereocenters. The van der Waals surface area contributed by atoms with Crippen molar-refractivity contribution >= 4 is 22.2 Å². The molecule has 0 spiro atoms. The van der Waals surface area contributed by atoms with Crippen molar-refractivity contribution < 1.29 is 8.42 Å². The topological polar surface area (TPSA) is 59.1 Å². The zero-order valence-corrected chi connectivity index (χ0v) is 14.0. The van der Waals surface area contributed by atoms with Crippen LogP contribution in [0.2, 0.25) is 0 Å². The fraction of sp³-hybridized carbons (Fsp3) is 0.312. The molecular formula is C16H19ClN2O2S. The van der Waals surface area contributed by atoms with Crippen LogP contribution in [0.4, 0.5) is 0 Å². The first-order valence-electron chi connectivity index (χ1n) is 7.06. The molecule has 6 heteroatoms. The van der Waals surface area contributed by atoms with Crippen LogP contribution in [0.5, 0.6) is 0 Å². The van der Waals surface area contributed by atoms with Crippen molar-refractivity contribution in [1.82, 2.24) is 10.3 Å². The molecule has 1 aliphatic carbocycles. The van der Waals surface area contributed by atoms with Crippen molar-refractivity contribution in [2.45, 2.75) is 42.3 Å². The highest BCUT2D eigenvalue weighted by atomic mass is 35.5. The van der Waals surface area contributed by atoms with Gasteiger partial charge in [0.15, 0.2) is 5.03 Å². The van der Waals surface area contributed by atoms with E-state index in [9.17, 15) is 8.42 Å². The summed E-state index contributed by atoms with van der Waals surface area (Å²) in [6, 6.07) is 11.0. The van der Waals surface area contributed by atoms with E-state index in [-0.39, 0.29) is 17.4 Å². The van der Waals surface area contributed by atoms with Gasteiger partial charge in [0.05, 0.1) is 4.90 Å². The molecule has 1 saturated carbocycles. The van der Waals surface area contributed by atoms with Gasteiger partial charge in [-0.05, 0) is 38.0 Å². The van der Waals surface area contributed by atoms with Gasteiger partial charge in [0.1, 0.15) is 0 Å². The van der Waals surface area contributed by atoms with E-state index in [1.165, 1.54) is 19.0 Å². The third-order valence-electron chi connectivity index (χ3n) is 3.59. The van der Waals surface area contributed by atoms with Gasteiger partial charge in [0, 0.05) is 24.3 Å². The Morgan fingerprint density at radius 3 is 2.50 bits per heavy atom. The molecule has 0 amide bonds. The lowest BCUT2D eigenvalue weighted by molar-refractivity contribution is 0.587. The molecule has 3 rings (SSSR count). The van der Waals surface area contributed by atoms with E-state index in [4.69, 9.17) is 0 Å². The number of halogens is 1. The van der Waals surface area contributed by atoms with Gasteiger partial charge in [-0.15, -0.1) is 12.4 Å². The van der Waals surface area contributed by atoms with Gasteiger partial charge in [-0.3, -0.25) is 0 Å². The summed E-state index contributed by atoms with van der Waals surface area (Å²) < 4.78 is 25.5. The first-order chi connectivity index (χ1) is 10.1. The summed E-state index contributed by atoms with van der Waals surface area (Å²) in [5.74, 6) is 0. The molecule has 22 heavy (non-hydrogen) atoms. The molecule has 1 fully saturated rings. The number of rotatable bonds is 5. The molecule has 0 saturated heterocycles. The Hall–Kier alpha value is -1.43. The van der Waals surface area contributed by atoms with Crippen LogP contribution < -0.4 is 5.32 Å². The minimum absolute atomic E-state index is 0. The number of pyridine rings is 1. The molecule has 118 valence electrons. The maximum absolute atomic E-state index is 12.7. The second-order valence-electron chi connectivity index (χ2n) is 5.44. The molecular weight excluding hydrogens is 320 g/mol.